The van der Waals surface area contributed by atoms with E-state index in [-0.39, 0.29) is 0 Å². The number of anilines is 1. The number of aromatic nitrogens is 5. The van der Waals surface area contributed by atoms with Crippen LogP contribution in [-0.4, -0.2) is 62.8 Å². The van der Waals surface area contributed by atoms with Gasteiger partial charge in [-0.15, -0.1) is 0 Å². The van der Waals surface area contributed by atoms with Gasteiger partial charge in [-0.25, -0.2) is 9.50 Å². The van der Waals surface area contributed by atoms with Crippen LogP contribution in [0.2, 0.25) is 0 Å². The van der Waals surface area contributed by atoms with Gasteiger partial charge in [-0.05, 0) is 31.0 Å². The number of aryl methyl sites for hydroxylation is 1. The lowest BCUT2D eigenvalue weighted by Crippen LogP contribution is -2.51. The van der Waals surface area contributed by atoms with Crippen LogP contribution in [0.25, 0.3) is 27.8 Å². The molecule has 0 aliphatic carbocycles. The summed E-state index contributed by atoms with van der Waals surface area (Å²) in [6.45, 7) is 2.06. The van der Waals surface area contributed by atoms with E-state index in [0.717, 1.165) is 52.2 Å². The van der Waals surface area contributed by atoms with Crippen molar-refractivity contribution in [2.24, 2.45) is 12.0 Å². The van der Waals surface area contributed by atoms with Crippen molar-refractivity contribution in [3.8, 4) is 22.3 Å². The smallest absolute Gasteiger partial charge is 0.128 e. The molecule has 8 nitrogen and oxygen atoms in total. The molecule has 2 aliphatic heterocycles. The zero-order valence-corrected chi connectivity index (χ0v) is 18.3. The van der Waals surface area contributed by atoms with Gasteiger partial charge in [0.25, 0.3) is 0 Å². The molecule has 2 fully saturated rings. The van der Waals surface area contributed by atoms with Gasteiger partial charge in [-0.3, -0.25) is 9.67 Å². The lowest BCUT2D eigenvalue weighted by atomic mass is 10.0. The third kappa shape index (κ3) is 3.27. The average Bonchev–Trinajstić information content (AvgIpc) is 3.52. The Morgan fingerprint density at radius 1 is 1.00 bits per heavy atom. The normalized spacial score (nSPS) is 20.6. The number of nitrogens with one attached hydrogen (secondary N) is 1. The summed E-state index contributed by atoms with van der Waals surface area (Å²) >= 11 is 0. The van der Waals surface area contributed by atoms with E-state index in [4.69, 9.17) is 4.98 Å². The Morgan fingerprint density at radius 2 is 1.84 bits per heavy atom. The van der Waals surface area contributed by atoms with Crippen molar-refractivity contribution in [1.29, 1.82) is 0 Å². The number of hydrogen-bond donors (Lipinski definition) is 1. The van der Waals surface area contributed by atoms with Crippen LogP contribution in [0.4, 0.5) is 5.82 Å². The molecule has 2 bridgehead atoms. The van der Waals surface area contributed by atoms with Crippen LogP contribution in [0.5, 0.6) is 0 Å². The van der Waals surface area contributed by atoms with Gasteiger partial charge in [-0.2, -0.15) is 10.2 Å². The van der Waals surface area contributed by atoms with E-state index in [9.17, 15) is 0 Å². The van der Waals surface area contributed by atoms with Gasteiger partial charge in [0.05, 0.1) is 17.9 Å². The number of aliphatic imine (C=N–C) groups is 1. The monoisotopic (exact) mass is 426 g/mol. The zero-order chi connectivity index (χ0) is 21.7. The van der Waals surface area contributed by atoms with E-state index < -0.39 is 0 Å². The maximum Gasteiger partial charge on any atom is 0.128 e. The van der Waals surface area contributed by atoms with Crippen LogP contribution in [-0.2, 0) is 7.05 Å². The summed E-state index contributed by atoms with van der Waals surface area (Å²) in [5.41, 5.74) is 6.28. The standard InChI is InChI=1S/C24H26N8/c1-25-8-18-10-28-32-13-17(19-11-27-30(2)12-19)7-22(24(18)32)16-3-6-23(26-9-16)31-14-20-4-5-21(15-31)29-20/h3,6-13,20-21,29H,4-5,14-15H2,1-2H3/b25-8-. The SMILES string of the molecule is C/N=C\c1cnn2cc(-c3cnn(C)c3)cc(-c3ccc(N4CC5CCC(C4)N5)nc3)c12. The Morgan fingerprint density at radius 3 is 2.53 bits per heavy atom. The molecule has 4 aromatic heterocycles. The minimum Gasteiger partial charge on any atom is -0.353 e. The molecule has 0 amide bonds. The number of fused-ring (bicyclic) bond motifs is 3. The highest BCUT2D eigenvalue weighted by atomic mass is 15.3. The first kappa shape index (κ1) is 19.2. The fourth-order valence-corrected chi connectivity index (χ4v) is 5.04. The van der Waals surface area contributed by atoms with Crippen molar-refractivity contribution in [3.05, 3.63) is 54.7 Å². The highest BCUT2D eigenvalue weighted by Crippen LogP contribution is 2.32. The molecule has 4 aromatic rings. The van der Waals surface area contributed by atoms with Crippen LogP contribution in [0, 0.1) is 0 Å². The second-order valence-corrected chi connectivity index (χ2v) is 8.77. The van der Waals surface area contributed by atoms with Crippen LogP contribution in [0.15, 0.2) is 54.2 Å². The van der Waals surface area contributed by atoms with Gasteiger partial charge in [0.2, 0.25) is 0 Å². The van der Waals surface area contributed by atoms with Crippen molar-refractivity contribution in [2.45, 2.75) is 24.9 Å². The van der Waals surface area contributed by atoms with E-state index in [1.54, 1.807) is 7.05 Å². The summed E-state index contributed by atoms with van der Waals surface area (Å²) in [6.07, 6.45) is 14.2. The molecule has 2 atom stereocenters. The molecular formula is C24H26N8. The lowest BCUT2D eigenvalue weighted by Gasteiger charge is -2.33. The molecule has 0 radical (unpaired) electrons. The predicted octanol–water partition coefficient (Wildman–Crippen LogP) is 2.79. The van der Waals surface area contributed by atoms with E-state index in [1.807, 2.05) is 53.4 Å². The Bertz CT molecular complexity index is 1290. The molecule has 32 heavy (non-hydrogen) atoms. The Balaban J connectivity index is 1.43. The minimum absolute atomic E-state index is 0.591. The second-order valence-electron chi connectivity index (χ2n) is 8.77. The molecule has 6 rings (SSSR count). The largest absolute Gasteiger partial charge is 0.353 e. The lowest BCUT2D eigenvalue weighted by molar-refractivity contribution is 0.463. The fourth-order valence-electron chi connectivity index (χ4n) is 5.04. The van der Waals surface area contributed by atoms with Crippen molar-refractivity contribution in [2.75, 3.05) is 25.0 Å². The Labute approximate surface area is 186 Å². The number of hydrogen-bond acceptors (Lipinski definition) is 6. The van der Waals surface area contributed by atoms with Crippen molar-refractivity contribution in [3.63, 3.8) is 0 Å². The molecule has 1 N–H and O–H groups in total. The van der Waals surface area contributed by atoms with Crippen molar-refractivity contribution < 1.29 is 0 Å². The van der Waals surface area contributed by atoms with Gasteiger partial charge in [-0.1, -0.05) is 0 Å². The zero-order valence-electron chi connectivity index (χ0n) is 18.3. The molecule has 2 aliphatic rings. The molecule has 0 spiro atoms. The number of piperazine rings is 1. The quantitative estimate of drug-likeness (QED) is 0.508. The van der Waals surface area contributed by atoms with Gasteiger partial charge in [0.1, 0.15) is 5.82 Å². The molecule has 2 saturated heterocycles. The highest BCUT2D eigenvalue weighted by molar-refractivity contribution is 5.97. The third-order valence-corrected chi connectivity index (χ3v) is 6.55. The maximum absolute atomic E-state index is 4.87. The van der Waals surface area contributed by atoms with E-state index >= 15 is 0 Å². The van der Waals surface area contributed by atoms with Gasteiger partial charge in [0.15, 0.2) is 0 Å². The molecule has 162 valence electrons. The van der Waals surface area contributed by atoms with Crippen LogP contribution < -0.4 is 10.2 Å². The van der Waals surface area contributed by atoms with E-state index in [1.165, 1.54) is 12.8 Å². The molecule has 8 heteroatoms. The summed E-state index contributed by atoms with van der Waals surface area (Å²) < 4.78 is 3.74. The summed E-state index contributed by atoms with van der Waals surface area (Å²) in [4.78, 5) is 11.5. The topological polar surface area (TPSA) is 75.6 Å². The Kier molecular flexibility index (Phi) is 4.53. The molecular weight excluding hydrogens is 400 g/mol. The second kappa shape index (κ2) is 7.56. The maximum atomic E-state index is 4.87. The van der Waals surface area contributed by atoms with Crippen LogP contribution >= 0.6 is 0 Å². The first-order valence-electron chi connectivity index (χ1n) is 11.1. The highest BCUT2D eigenvalue weighted by Gasteiger charge is 2.32. The fraction of sp³-hybridized carbons (Fsp3) is 0.333. The molecule has 0 saturated carbocycles. The van der Waals surface area contributed by atoms with Crippen molar-refractivity contribution >= 4 is 17.5 Å². The minimum atomic E-state index is 0.591. The summed E-state index contributed by atoms with van der Waals surface area (Å²) in [5, 5.41) is 12.6. The summed E-state index contributed by atoms with van der Waals surface area (Å²) in [5.74, 6) is 1.05. The van der Waals surface area contributed by atoms with Crippen molar-refractivity contribution in [1.82, 2.24) is 29.7 Å². The van der Waals surface area contributed by atoms with Gasteiger partial charge < -0.3 is 10.2 Å². The molecule has 2 unspecified atom stereocenters. The number of nitrogens with zero attached hydrogens (tertiary/aromatic N) is 7. The number of pyridine rings is 2. The van der Waals surface area contributed by atoms with Crippen LogP contribution in [0.1, 0.15) is 18.4 Å². The van der Waals surface area contributed by atoms with Gasteiger partial charge in [0, 0.05) is 91.9 Å². The summed E-state index contributed by atoms with van der Waals surface area (Å²) in [7, 11) is 3.71. The first-order chi connectivity index (χ1) is 15.7. The molecule has 6 heterocycles. The average molecular weight is 427 g/mol. The van der Waals surface area contributed by atoms with E-state index in [2.05, 4.69) is 43.6 Å². The Hall–Kier alpha value is -3.52. The van der Waals surface area contributed by atoms with Crippen LogP contribution in [0.3, 0.4) is 0 Å². The summed E-state index contributed by atoms with van der Waals surface area (Å²) in [6, 6.07) is 7.71. The van der Waals surface area contributed by atoms with Gasteiger partial charge >= 0.3 is 0 Å². The first-order valence-corrected chi connectivity index (χ1v) is 11.1. The molecule has 0 aromatic carbocycles. The number of rotatable bonds is 4. The third-order valence-electron chi connectivity index (χ3n) is 6.55. The van der Waals surface area contributed by atoms with E-state index in [0.29, 0.717) is 12.1 Å². The predicted molar refractivity (Wildman–Crippen MR) is 126 cm³/mol.